The van der Waals surface area contributed by atoms with Gasteiger partial charge in [-0.3, -0.25) is 9.69 Å². The maximum absolute atomic E-state index is 13.9. The standard InChI is InChI=1S/C20H23ClFN3O3S/c21-18-7-4-8-19(22)17(18)15-24-11-13-25(14-12-24)20(26)9-10-23-29(27,28)16-5-2-1-3-6-16/h1-8,23H,9-15H2. The van der Waals surface area contributed by atoms with Crippen LogP contribution < -0.4 is 4.72 Å². The number of nitrogens with zero attached hydrogens (tertiary/aromatic N) is 2. The second-order valence-corrected chi connectivity index (χ2v) is 8.99. The van der Waals surface area contributed by atoms with Crippen molar-refractivity contribution >= 4 is 27.5 Å². The van der Waals surface area contributed by atoms with Gasteiger partial charge in [-0.15, -0.1) is 0 Å². The van der Waals surface area contributed by atoms with Gasteiger partial charge in [0.1, 0.15) is 5.82 Å². The first kappa shape index (κ1) is 21.7. The van der Waals surface area contributed by atoms with E-state index in [9.17, 15) is 17.6 Å². The van der Waals surface area contributed by atoms with Crippen molar-refractivity contribution in [3.63, 3.8) is 0 Å². The highest BCUT2D eigenvalue weighted by Gasteiger charge is 2.23. The number of sulfonamides is 1. The van der Waals surface area contributed by atoms with E-state index in [2.05, 4.69) is 4.72 Å². The van der Waals surface area contributed by atoms with Gasteiger partial charge in [-0.05, 0) is 24.3 Å². The van der Waals surface area contributed by atoms with E-state index >= 15 is 0 Å². The van der Waals surface area contributed by atoms with Gasteiger partial charge in [0.25, 0.3) is 0 Å². The fourth-order valence-electron chi connectivity index (χ4n) is 3.20. The molecule has 2 aromatic carbocycles. The lowest BCUT2D eigenvalue weighted by Crippen LogP contribution is -2.48. The van der Waals surface area contributed by atoms with Crippen molar-refractivity contribution in [1.82, 2.24) is 14.5 Å². The molecule has 0 atom stereocenters. The molecule has 1 N–H and O–H groups in total. The number of hydrogen-bond acceptors (Lipinski definition) is 4. The van der Waals surface area contributed by atoms with E-state index < -0.39 is 10.0 Å². The zero-order valence-electron chi connectivity index (χ0n) is 15.9. The average molecular weight is 440 g/mol. The molecule has 1 fully saturated rings. The predicted molar refractivity (Wildman–Crippen MR) is 110 cm³/mol. The average Bonchev–Trinajstić information content (AvgIpc) is 2.72. The summed E-state index contributed by atoms with van der Waals surface area (Å²) in [5, 5.41) is 0.397. The van der Waals surface area contributed by atoms with E-state index in [1.807, 2.05) is 4.90 Å². The molecule has 1 heterocycles. The molecule has 156 valence electrons. The summed E-state index contributed by atoms with van der Waals surface area (Å²) in [5.41, 5.74) is 0.462. The first-order valence-corrected chi connectivity index (χ1v) is 11.2. The summed E-state index contributed by atoms with van der Waals surface area (Å²) in [6.45, 7) is 2.66. The first-order chi connectivity index (χ1) is 13.9. The molecule has 0 aromatic heterocycles. The molecular formula is C20H23ClFN3O3S. The second-order valence-electron chi connectivity index (χ2n) is 6.82. The molecular weight excluding hydrogens is 417 g/mol. The number of rotatable bonds is 7. The van der Waals surface area contributed by atoms with Gasteiger partial charge in [-0.1, -0.05) is 35.9 Å². The summed E-state index contributed by atoms with van der Waals surface area (Å²) in [4.78, 5) is 16.3. The Balaban J connectivity index is 1.44. The zero-order chi connectivity index (χ0) is 20.9. The third-order valence-corrected chi connectivity index (χ3v) is 6.68. The molecule has 1 amide bonds. The van der Waals surface area contributed by atoms with Gasteiger partial charge in [0.15, 0.2) is 0 Å². The minimum absolute atomic E-state index is 0.0428. The van der Waals surface area contributed by atoms with Gasteiger partial charge in [0.2, 0.25) is 15.9 Å². The van der Waals surface area contributed by atoms with Crippen molar-refractivity contribution < 1.29 is 17.6 Å². The number of hydrogen-bond donors (Lipinski definition) is 1. The lowest BCUT2D eigenvalue weighted by Gasteiger charge is -2.35. The molecule has 1 aliphatic rings. The normalized spacial score (nSPS) is 15.4. The maximum atomic E-state index is 13.9. The highest BCUT2D eigenvalue weighted by Crippen LogP contribution is 2.21. The van der Waals surface area contributed by atoms with Crippen LogP contribution in [0.3, 0.4) is 0 Å². The molecule has 0 saturated carbocycles. The van der Waals surface area contributed by atoms with Gasteiger partial charge in [-0.25, -0.2) is 17.5 Å². The number of amides is 1. The van der Waals surface area contributed by atoms with E-state index in [1.165, 1.54) is 18.2 Å². The fraction of sp³-hybridized carbons (Fsp3) is 0.350. The summed E-state index contributed by atoms with van der Waals surface area (Å²) < 4.78 is 40.7. The van der Waals surface area contributed by atoms with Crippen molar-refractivity contribution in [3.05, 3.63) is 64.9 Å². The van der Waals surface area contributed by atoms with Crippen LogP contribution in [0.25, 0.3) is 0 Å². The van der Waals surface area contributed by atoms with Crippen LogP contribution in [0.1, 0.15) is 12.0 Å². The predicted octanol–water partition coefficient (Wildman–Crippen LogP) is 2.49. The van der Waals surface area contributed by atoms with E-state index in [1.54, 1.807) is 35.2 Å². The Morgan fingerprint density at radius 1 is 1.03 bits per heavy atom. The number of halogens is 2. The Morgan fingerprint density at radius 3 is 2.38 bits per heavy atom. The van der Waals surface area contributed by atoms with Crippen LogP contribution in [0, 0.1) is 5.82 Å². The molecule has 0 radical (unpaired) electrons. The quantitative estimate of drug-likeness (QED) is 0.719. The number of benzene rings is 2. The Kier molecular flexibility index (Phi) is 7.23. The molecule has 3 rings (SSSR count). The lowest BCUT2D eigenvalue weighted by molar-refractivity contribution is -0.132. The number of carbonyl (C=O) groups is 1. The molecule has 2 aromatic rings. The molecule has 0 aliphatic carbocycles. The summed E-state index contributed by atoms with van der Waals surface area (Å²) in [5.74, 6) is -0.439. The smallest absolute Gasteiger partial charge is 0.240 e. The summed E-state index contributed by atoms with van der Waals surface area (Å²) in [6.07, 6.45) is 0.0885. The molecule has 1 saturated heterocycles. The van der Waals surface area contributed by atoms with E-state index in [0.29, 0.717) is 43.3 Å². The van der Waals surface area contributed by atoms with Crippen LogP contribution >= 0.6 is 11.6 Å². The SMILES string of the molecule is O=C(CCNS(=O)(=O)c1ccccc1)N1CCN(Cc2c(F)cccc2Cl)CC1. The minimum Gasteiger partial charge on any atom is -0.340 e. The van der Waals surface area contributed by atoms with Crippen LogP contribution in [0.2, 0.25) is 5.02 Å². The number of nitrogens with one attached hydrogen (secondary N) is 1. The largest absolute Gasteiger partial charge is 0.340 e. The fourth-order valence-corrected chi connectivity index (χ4v) is 4.47. The lowest BCUT2D eigenvalue weighted by atomic mass is 10.1. The third-order valence-electron chi connectivity index (χ3n) is 4.85. The van der Waals surface area contributed by atoms with Crippen molar-refractivity contribution in [2.75, 3.05) is 32.7 Å². The second kappa shape index (κ2) is 9.67. The van der Waals surface area contributed by atoms with Gasteiger partial charge in [0, 0.05) is 56.3 Å². The summed E-state index contributed by atoms with van der Waals surface area (Å²) in [7, 11) is -3.62. The maximum Gasteiger partial charge on any atom is 0.240 e. The summed E-state index contributed by atoms with van der Waals surface area (Å²) >= 11 is 6.08. The Hall–Kier alpha value is -2.00. The molecule has 9 heteroatoms. The molecule has 6 nitrogen and oxygen atoms in total. The van der Waals surface area contributed by atoms with Gasteiger partial charge < -0.3 is 4.90 Å². The molecule has 0 unspecified atom stereocenters. The van der Waals surface area contributed by atoms with Crippen LogP contribution in [0.4, 0.5) is 4.39 Å². The topological polar surface area (TPSA) is 69.7 Å². The van der Waals surface area contributed by atoms with Crippen molar-refractivity contribution in [3.8, 4) is 0 Å². The van der Waals surface area contributed by atoms with Crippen molar-refractivity contribution in [1.29, 1.82) is 0 Å². The van der Waals surface area contributed by atoms with Gasteiger partial charge >= 0.3 is 0 Å². The van der Waals surface area contributed by atoms with Crippen LogP contribution in [-0.2, 0) is 21.4 Å². The third kappa shape index (κ3) is 5.76. The Labute approximate surface area is 175 Å². The Bertz CT molecular complexity index is 928. The summed E-state index contributed by atoms with van der Waals surface area (Å²) in [6, 6.07) is 12.7. The number of carbonyl (C=O) groups excluding carboxylic acids is 1. The number of piperazine rings is 1. The van der Waals surface area contributed by atoms with E-state index in [-0.39, 0.29) is 29.6 Å². The van der Waals surface area contributed by atoms with E-state index in [4.69, 9.17) is 11.6 Å². The van der Waals surface area contributed by atoms with Crippen molar-refractivity contribution in [2.24, 2.45) is 0 Å². The monoisotopic (exact) mass is 439 g/mol. The van der Waals surface area contributed by atoms with Crippen molar-refractivity contribution in [2.45, 2.75) is 17.9 Å². The highest BCUT2D eigenvalue weighted by molar-refractivity contribution is 7.89. The molecule has 29 heavy (non-hydrogen) atoms. The van der Waals surface area contributed by atoms with Crippen LogP contribution in [0.5, 0.6) is 0 Å². The van der Waals surface area contributed by atoms with Crippen LogP contribution in [-0.4, -0.2) is 56.8 Å². The Morgan fingerprint density at radius 2 is 1.72 bits per heavy atom. The van der Waals surface area contributed by atoms with Gasteiger partial charge in [-0.2, -0.15) is 0 Å². The first-order valence-electron chi connectivity index (χ1n) is 9.34. The van der Waals surface area contributed by atoms with E-state index in [0.717, 1.165) is 0 Å². The molecule has 0 spiro atoms. The molecule has 0 bridgehead atoms. The highest BCUT2D eigenvalue weighted by atomic mass is 35.5. The van der Waals surface area contributed by atoms with Crippen LogP contribution in [0.15, 0.2) is 53.4 Å². The van der Waals surface area contributed by atoms with Gasteiger partial charge in [0.05, 0.1) is 4.90 Å². The zero-order valence-corrected chi connectivity index (χ0v) is 17.4. The minimum atomic E-state index is -3.62. The molecule has 1 aliphatic heterocycles.